The molecule has 14 heteroatoms. The first-order valence-electron chi connectivity index (χ1n) is 16.4. The molecule has 4 aromatic heterocycles. The summed E-state index contributed by atoms with van der Waals surface area (Å²) >= 11 is 0. The Morgan fingerprint density at radius 1 is 0.765 bits per heavy atom. The Labute approximate surface area is 293 Å². The van der Waals surface area contributed by atoms with Gasteiger partial charge in [0, 0.05) is 84.7 Å². The lowest BCUT2D eigenvalue weighted by molar-refractivity contribution is -0.122. The van der Waals surface area contributed by atoms with Crippen LogP contribution in [-0.2, 0) is 4.79 Å². The zero-order valence-corrected chi connectivity index (χ0v) is 28.0. The first-order valence-corrected chi connectivity index (χ1v) is 16.4. The summed E-state index contributed by atoms with van der Waals surface area (Å²) in [5, 5.41) is 15.6. The molecule has 14 nitrogen and oxygen atoms in total. The van der Waals surface area contributed by atoms with Gasteiger partial charge in [0.25, 0.3) is 23.8 Å². The van der Waals surface area contributed by atoms with Crippen molar-refractivity contribution in [1.29, 1.82) is 0 Å². The number of piperazine rings is 1. The molecule has 5 N–H and O–H groups in total. The SMILES string of the molecule is Cc1ccc(NC(=O)C(NC(=O)c2ccc(C)c(Nc3ncc(-c4cccnc4)o3)c2)N2CCNCC2)cc1Nc1ncc(-c2cccnc2)o1. The van der Waals surface area contributed by atoms with Gasteiger partial charge in [-0.1, -0.05) is 12.1 Å². The number of carbonyl (C=O) groups is 2. The molecule has 1 aliphatic heterocycles. The fourth-order valence-electron chi connectivity index (χ4n) is 5.59. The Morgan fingerprint density at radius 2 is 1.35 bits per heavy atom. The van der Waals surface area contributed by atoms with E-state index in [-0.39, 0.29) is 11.9 Å². The largest absolute Gasteiger partial charge is 0.423 e. The van der Waals surface area contributed by atoms with E-state index in [9.17, 15) is 9.59 Å². The van der Waals surface area contributed by atoms with Crippen molar-refractivity contribution in [2.24, 2.45) is 0 Å². The molecule has 1 unspecified atom stereocenters. The number of aryl methyl sites for hydroxylation is 2. The number of aromatic nitrogens is 4. The van der Waals surface area contributed by atoms with Crippen LogP contribution in [0.4, 0.5) is 29.1 Å². The van der Waals surface area contributed by atoms with Crippen LogP contribution in [-0.4, -0.2) is 69.0 Å². The van der Waals surface area contributed by atoms with Gasteiger partial charge in [0.2, 0.25) is 0 Å². The minimum atomic E-state index is -0.933. The average Bonchev–Trinajstić information content (AvgIpc) is 3.84. The van der Waals surface area contributed by atoms with E-state index in [0.717, 1.165) is 22.3 Å². The van der Waals surface area contributed by atoms with Crippen LogP contribution in [0.2, 0.25) is 0 Å². The van der Waals surface area contributed by atoms with Crippen LogP contribution in [0.5, 0.6) is 0 Å². The van der Waals surface area contributed by atoms with Crippen molar-refractivity contribution in [2.45, 2.75) is 20.0 Å². The van der Waals surface area contributed by atoms with E-state index in [2.05, 4.69) is 46.5 Å². The zero-order chi connectivity index (χ0) is 35.2. The van der Waals surface area contributed by atoms with Crippen LogP contribution >= 0.6 is 0 Å². The van der Waals surface area contributed by atoms with Gasteiger partial charge in [-0.15, -0.1) is 0 Å². The van der Waals surface area contributed by atoms with Crippen LogP contribution in [0, 0.1) is 13.8 Å². The molecule has 5 heterocycles. The Morgan fingerprint density at radius 3 is 1.94 bits per heavy atom. The number of carbonyl (C=O) groups excluding carboxylic acids is 2. The van der Waals surface area contributed by atoms with E-state index in [4.69, 9.17) is 8.83 Å². The molecule has 1 saturated heterocycles. The van der Waals surface area contributed by atoms with Gasteiger partial charge in [0.1, 0.15) is 0 Å². The number of nitrogens with zero attached hydrogens (tertiary/aromatic N) is 5. The molecular weight excluding hydrogens is 648 g/mol. The fourth-order valence-corrected chi connectivity index (χ4v) is 5.59. The lowest BCUT2D eigenvalue weighted by Crippen LogP contribution is -2.59. The van der Waals surface area contributed by atoms with Gasteiger partial charge in [-0.05, 0) is 73.5 Å². The first-order chi connectivity index (χ1) is 24.9. The maximum atomic E-state index is 13.9. The van der Waals surface area contributed by atoms with Crippen molar-refractivity contribution < 1.29 is 18.4 Å². The van der Waals surface area contributed by atoms with Gasteiger partial charge in [-0.2, -0.15) is 0 Å². The molecule has 51 heavy (non-hydrogen) atoms. The summed E-state index contributed by atoms with van der Waals surface area (Å²) in [6.45, 7) is 6.38. The molecule has 6 aromatic rings. The fraction of sp³-hybridized carbons (Fsp3) is 0.189. The van der Waals surface area contributed by atoms with Crippen molar-refractivity contribution in [3.63, 3.8) is 0 Å². The van der Waals surface area contributed by atoms with E-state index < -0.39 is 12.1 Å². The summed E-state index contributed by atoms with van der Waals surface area (Å²) in [7, 11) is 0. The molecule has 1 atom stereocenters. The molecule has 2 aromatic carbocycles. The highest BCUT2D eigenvalue weighted by atomic mass is 16.4. The minimum Gasteiger partial charge on any atom is -0.423 e. The number of rotatable bonds is 11. The number of hydrogen-bond donors (Lipinski definition) is 5. The van der Waals surface area contributed by atoms with Crippen LogP contribution < -0.4 is 26.6 Å². The lowest BCUT2D eigenvalue weighted by atomic mass is 10.1. The van der Waals surface area contributed by atoms with E-state index in [1.54, 1.807) is 55.4 Å². The summed E-state index contributed by atoms with van der Waals surface area (Å²) in [5.74, 6) is 0.362. The Balaban J connectivity index is 1.06. The van der Waals surface area contributed by atoms with Crippen molar-refractivity contribution >= 4 is 40.9 Å². The van der Waals surface area contributed by atoms with Gasteiger partial charge in [0.05, 0.1) is 12.4 Å². The lowest BCUT2D eigenvalue weighted by Gasteiger charge is -2.34. The third-order valence-corrected chi connectivity index (χ3v) is 8.42. The highest BCUT2D eigenvalue weighted by molar-refractivity contribution is 6.01. The van der Waals surface area contributed by atoms with E-state index >= 15 is 0 Å². The summed E-state index contributed by atoms with van der Waals surface area (Å²) < 4.78 is 11.8. The molecule has 0 saturated carbocycles. The third kappa shape index (κ3) is 7.93. The highest BCUT2D eigenvalue weighted by Gasteiger charge is 2.29. The van der Waals surface area contributed by atoms with Crippen LogP contribution in [0.15, 0.2) is 107 Å². The van der Waals surface area contributed by atoms with Crippen molar-refractivity contribution in [3.05, 3.63) is 115 Å². The topological polar surface area (TPSA) is 175 Å². The maximum absolute atomic E-state index is 13.9. The summed E-state index contributed by atoms with van der Waals surface area (Å²) in [4.78, 5) is 46.5. The van der Waals surface area contributed by atoms with E-state index in [1.807, 2.05) is 61.2 Å². The first kappa shape index (κ1) is 33.1. The molecule has 7 rings (SSSR count). The predicted molar refractivity (Wildman–Crippen MR) is 193 cm³/mol. The van der Waals surface area contributed by atoms with Gasteiger partial charge < -0.3 is 35.4 Å². The normalized spacial score (nSPS) is 13.7. The number of pyridine rings is 2. The van der Waals surface area contributed by atoms with E-state index in [0.29, 0.717) is 66.3 Å². The second kappa shape index (κ2) is 15.0. The third-order valence-electron chi connectivity index (χ3n) is 8.42. The van der Waals surface area contributed by atoms with Gasteiger partial charge in [-0.3, -0.25) is 24.5 Å². The minimum absolute atomic E-state index is 0.274. The summed E-state index contributed by atoms with van der Waals surface area (Å²) in [6, 6.07) is 18.8. The molecule has 1 fully saturated rings. The molecule has 0 bridgehead atoms. The zero-order valence-electron chi connectivity index (χ0n) is 28.0. The van der Waals surface area contributed by atoms with Gasteiger partial charge >= 0.3 is 0 Å². The standard InChI is InChI=1S/C37H36N10O4/c1-23-7-9-25(17-29(23)44-36-41-21-31(50-36)26-5-3-11-39-19-26)34(48)46-33(47-15-13-38-14-16-47)35(49)43-28-10-8-24(2)30(18-28)45-37-42-22-32(51-37)27-6-4-12-40-20-27/h3-12,17-22,33,38H,13-16H2,1-2H3,(H,41,44)(H,42,45)(H,43,49)(H,46,48). The van der Waals surface area contributed by atoms with Gasteiger partial charge in [0.15, 0.2) is 17.7 Å². The monoisotopic (exact) mass is 684 g/mol. The molecule has 2 amide bonds. The number of hydrogen-bond acceptors (Lipinski definition) is 12. The van der Waals surface area contributed by atoms with Crippen molar-refractivity contribution in [2.75, 3.05) is 42.1 Å². The second-order valence-electron chi connectivity index (χ2n) is 12.0. The van der Waals surface area contributed by atoms with Crippen LogP contribution in [0.3, 0.4) is 0 Å². The molecular formula is C37H36N10O4. The summed E-state index contributed by atoms with van der Waals surface area (Å²) in [5.41, 5.74) is 5.65. The maximum Gasteiger partial charge on any atom is 0.299 e. The van der Waals surface area contributed by atoms with Crippen molar-refractivity contribution in [1.82, 2.24) is 35.5 Å². The molecule has 258 valence electrons. The molecule has 0 aliphatic carbocycles. The Kier molecular flexibility index (Phi) is 9.76. The predicted octanol–water partition coefficient (Wildman–Crippen LogP) is 5.49. The Bertz CT molecular complexity index is 2130. The van der Waals surface area contributed by atoms with Crippen LogP contribution in [0.25, 0.3) is 22.6 Å². The molecule has 0 radical (unpaired) electrons. The summed E-state index contributed by atoms with van der Waals surface area (Å²) in [6.07, 6.45) is 9.08. The number of nitrogens with one attached hydrogen (secondary N) is 5. The Hall–Kier alpha value is -6.38. The van der Waals surface area contributed by atoms with Crippen LogP contribution in [0.1, 0.15) is 21.5 Å². The number of amides is 2. The van der Waals surface area contributed by atoms with Crippen molar-refractivity contribution in [3.8, 4) is 22.6 Å². The highest BCUT2D eigenvalue weighted by Crippen LogP contribution is 2.28. The van der Waals surface area contributed by atoms with Gasteiger partial charge in [-0.25, -0.2) is 9.97 Å². The molecule has 0 spiro atoms. The smallest absolute Gasteiger partial charge is 0.299 e. The number of benzene rings is 2. The quantitative estimate of drug-likeness (QED) is 0.116. The number of anilines is 5. The average molecular weight is 685 g/mol. The van der Waals surface area contributed by atoms with E-state index in [1.165, 1.54) is 0 Å². The second-order valence-corrected chi connectivity index (χ2v) is 12.0. The molecule has 1 aliphatic rings. The number of oxazole rings is 2.